The molecule has 0 saturated carbocycles. The number of aliphatic hydroxyl groups excluding tert-OH is 1. The van der Waals surface area contributed by atoms with E-state index in [9.17, 15) is 9.90 Å². The normalized spacial score (nSPS) is 19.5. The minimum absolute atomic E-state index is 0.166. The molecule has 0 amide bonds. The van der Waals surface area contributed by atoms with Gasteiger partial charge in [0, 0.05) is 30.7 Å². The summed E-state index contributed by atoms with van der Waals surface area (Å²) in [4.78, 5) is 15.2. The maximum atomic E-state index is 12.9. The van der Waals surface area contributed by atoms with E-state index in [1.807, 2.05) is 30.3 Å². The van der Waals surface area contributed by atoms with Crippen LogP contribution in [0.2, 0.25) is 0 Å². The average molecular weight is 450 g/mol. The molecule has 5 rings (SSSR count). The first kappa shape index (κ1) is 23.1. The van der Waals surface area contributed by atoms with Gasteiger partial charge in [0.2, 0.25) is 5.78 Å². The second-order valence-corrected chi connectivity index (χ2v) is 9.14. The summed E-state index contributed by atoms with van der Waals surface area (Å²) in [5.41, 5.74) is 1.93. The van der Waals surface area contributed by atoms with Crippen molar-refractivity contribution < 1.29 is 24.2 Å². The van der Waals surface area contributed by atoms with Crippen LogP contribution in [-0.2, 0) is 6.54 Å². The molecule has 2 aliphatic rings. The Morgan fingerprint density at radius 2 is 1.97 bits per heavy atom. The molecule has 174 valence electrons. The third-order valence-electron chi connectivity index (χ3n) is 5.76. The quantitative estimate of drug-likeness (QED) is 0.523. The van der Waals surface area contributed by atoms with E-state index in [0.29, 0.717) is 35.1 Å². The molecule has 2 aromatic carbocycles. The number of rotatable bonds is 3. The number of hydrogen-bond donors (Lipinski definition) is 2. The number of carbonyl (C=O) groups excluding carboxylic acids is 1. The highest BCUT2D eigenvalue weighted by molar-refractivity contribution is 6.15. The molecule has 0 radical (unpaired) electrons. The summed E-state index contributed by atoms with van der Waals surface area (Å²) in [6.07, 6.45) is 3.84. The summed E-state index contributed by atoms with van der Waals surface area (Å²) in [6.45, 7) is 8.24. The number of piperidine rings is 1. The number of phenolic OH excluding ortho intramolecular Hbond substituents is 1. The van der Waals surface area contributed by atoms with E-state index >= 15 is 0 Å². The van der Waals surface area contributed by atoms with Crippen molar-refractivity contribution >= 4 is 22.8 Å². The van der Waals surface area contributed by atoms with Gasteiger partial charge in [-0.2, -0.15) is 0 Å². The van der Waals surface area contributed by atoms with Gasteiger partial charge >= 0.3 is 0 Å². The molecule has 1 fully saturated rings. The van der Waals surface area contributed by atoms with Gasteiger partial charge in [0.05, 0.1) is 11.1 Å². The maximum Gasteiger partial charge on any atom is 0.232 e. The van der Waals surface area contributed by atoms with E-state index in [4.69, 9.17) is 14.3 Å². The second kappa shape index (κ2) is 9.81. The van der Waals surface area contributed by atoms with E-state index in [1.54, 1.807) is 32.1 Å². The molecule has 33 heavy (non-hydrogen) atoms. The third kappa shape index (κ3) is 5.29. The predicted molar refractivity (Wildman–Crippen MR) is 128 cm³/mol. The van der Waals surface area contributed by atoms with Crippen molar-refractivity contribution in [3.63, 3.8) is 0 Å². The molecule has 0 spiro atoms. The first-order valence-corrected chi connectivity index (χ1v) is 11.5. The van der Waals surface area contributed by atoms with Gasteiger partial charge in [-0.1, -0.05) is 25.1 Å². The lowest BCUT2D eigenvalue weighted by Gasteiger charge is -2.31. The Morgan fingerprint density at radius 3 is 2.70 bits per heavy atom. The standard InChI is InChI=1S/C24H23NO4.C3H8O/c1-15-5-4-10-25(13-15)14-19-20(26)9-8-18-23(27)22(29-24(18)19)12-17-11-16-6-2-3-7-21(16)28-17;1-3(2)4/h2-3,6-9,11-12,15,26H,4-5,10,13-14H2,1H3;3-4H,1-2H3/b22-12-;. The van der Waals surface area contributed by atoms with Crippen LogP contribution < -0.4 is 4.74 Å². The first-order chi connectivity index (χ1) is 15.8. The molecule has 1 atom stereocenters. The number of ketones is 1. The Bertz CT molecular complexity index is 1140. The molecule has 1 saturated heterocycles. The molecule has 6 nitrogen and oxygen atoms in total. The number of carbonyl (C=O) groups is 1. The molecule has 1 aromatic heterocycles. The molecule has 2 aliphatic heterocycles. The fourth-order valence-corrected chi connectivity index (χ4v) is 4.31. The number of nitrogens with zero attached hydrogens (tertiary/aromatic N) is 1. The molecule has 3 aromatic rings. The van der Waals surface area contributed by atoms with Gasteiger partial charge < -0.3 is 19.4 Å². The van der Waals surface area contributed by atoms with Gasteiger partial charge in [-0.15, -0.1) is 0 Å². The number of phenols is 1. The number of benzene rings is 2. The highest BCUT2D eigenvalue weighted by atomic mass is 16.5. The molecule has 0 aliphatic carbocycles. The van der Waals surface area contributed by atoms with Gasteiger partial charge in [0.25, 0.3) is 0 Å². The highest BCUT2D eigenvalue weighted by Gasteiger charge is 2.32. The number of para-hydroxylation sites is 1. The van der Waals surface area contributed by atoms with Crippen molar-refractivity contribution in [1.29, 1.82) is 0 Å². The molecule has 1 unspecified atom stereocenters. The Balaban J connectivity index is 0.000000601. The van der Waals surface area contributed by atoms with Gasteiger partial charge in [0.15, 0.2) is 5.76 Å². The second-order valence-electron chi connectivity index (χ2n) is 9.14. The summed E-state index contributed by atoms with van der Waals surface area (Å²) < 4.78 is 11.8. The smallest absolute Gasteiger partial charge is 0.232 e. The number of fused-ring (bicyclic) bond motifs is 2. The minimum Gasteiger partial charge on any atom is -0.507 e. The number of hydrogen-bond acceptors (Lipinski definition) is 6. The van der Waals surface area contributed by atoms with Gasteiger partial charge in [-0.05, 0) is 63.4 Å². The summed E-state index contributed by atoms with van der Waals surface area (Å²) in [6, 6.07) is 12.8. The molecular weight excluding hydrogens is 418 g/mol. The average Bonchev–Trinajstić information content (AvgIpc) is 3.31. The molecule has 2 N–H and O–H groups in total. The van der Waals surface area contributed by atoms with Crippen molar-refractivity contribution in [1.82, 2.24) is 4.90 Å². The van der Waals surface area contributed by atoms with E-state index < -0.39 is 0 Å². The SMILES string of the molecule is CC(C)O.CC1CCCN(Cc2c(O)ccc3c2O/C(=C\c2cc4ccccc4o2)C3=O)C1. The Morgan fingerprint density at radius 1 is 1.21 bits per heavy atom. The number of furan rings is 1. The van der Waals surface area contributed by atoms with E-state index in [2.05, 4.69) is 11.8 Å². The Kier molecular flexibility index (Phi) is 6.86. The zero-order chi connectivity index (χ0) is 23.5. The topological polar surface area (TPSA) is 83.1 Å². The van der Waals surface area contributed by atoms with Crippen LogP contribution in [-0.4, -0.2) is 40.1 Å². The van der Waals surface area contributed by atoms with Crippen LogP contribution in [0.4, 0.5) is 0 Å². The van der Waals surface area contributed by atoms with Crippen LogP contribution in [0.5, 0.6) is 11.5 Å². The van der Waals surface area contributed by atoms with Crippen molar-refractivity contribution in [2.75, 3.05) is 13.1 Å². The monoisotopic (exact) mass is 449 g/mol. The summed E-state index contributed by atoms with van der Waals surface area (Å²) in [5, 5.41) is 19.5. The minimum atomic E-state index is -0.186. The Hall–Kier alpha value is -3.09. The molecular formula is C27H31NO5. The number of aliphatic hydroxyl groups is 1. The Labute approximate surface area is 194 Å². The van der Waals surface area contributed by atoms with Crippen molar-refractivity contribution in [2.45, 2.75) is 46.3 Å². The van der Waals surface area contributed by atoms with Crippen LogP contribution in [0.3, 0.4) is 0 Å². The van der Waals surface area contributed by atoms with Gasteiger partial charge in [0.1, 0.15) is 22.8 Å². The maximum absolute atomic E-state index is 12.9. The number of ether oxygens (including phenoxy) is 1. The van der Waals surface area contributed by atoms with Crippen molar-refractivity contribution in [3.8, 4) is 11.5 Å². The first-order valence-electron chi connectivity index (χ1n) is 11.5. The van der Waals surface area contributed by atoms with Crippen molar-refractivity contribution in [2.24, 2.45) is 5.92 Å². The number of allylic oxidation sites excluding steroid dienone is 1. The van der Waals surface area contributed by atoms with Crippen LogP contribution in [0.1, 0.15) is 55.3 Å². The molecule has 3 heterocycles. The van der Waals surface area contributed by atoms with Gasteiger partial charge in [-0.3, -0.25) is 9.69 Å². The van der Waals surface area contributed by atoms with Crippen molar-refractivity contribution in [3.05, 3.63) is 65.1 Å². The van der Waals surface area contributed by atoms with E-state index in [-0.39, 0.29) is 23.4 Å². The van der Waals surface area contributed by atoms with E-state index in [1.165, 1.54) is 6.42 Å². The predicted octanol–water partition coefficient (Wildman–Crippen LogP) is 5.37. The van der Waals surface area contributed by atoms with Crippen LogP contribution >= 0.6 is 0 Å². The third-order valence-corrected chi connectivity index (χ3v) is 5.76. The largest absolute Gasteiger partial charge is 0.507 e. The zero-order valence-electron chi connectivity index (χ0n) is 19.4. The van der Waals surface area contributed by atoms with Gasteiger partial charge in [-0.25, -0.2) is 0 Å². The zero-order valence-corrected chi connectivity index (χ0v) is 19.4. The summed E-state index contributed by atoms with van der Waals surface area (Å²) in [5.74, 6) is 1.87. The lowest BCUT2D eigenvalue weighted by atomic mass is 9.99. The summed E-state index contributed by atoms with van der Waals surface area (Å²) >= 11 is 0. The fraction of sp³-hybridized carbons (Fsp3) is 0.370. The molecule has 6 heteroatoms. The highest BCUT2D eigenvalue weighted by Crippen LogP contribution is 2.40. The number of Topliss-reactive ketones (excluding diaryl/α,β-unsaturated/α-hetero) is 1. The van der Waals surface area contributed by atoms with Crippen LogP contribution in [0.15, 0.2) is 52.6 Å². The number of aromatic hydroxyl groups is 1. The lowest BCUT2D eigenvalue weighted by molar-refractivity contribution is 0.101. The number of likely N-dealkylation sites (tertiary alicyclic amines) is 1. The lowest BCUT2D eigenvalue weighted by Crippen LogP contribution is -2.33. The fourth-order valence-electron chi connectivity index (χ4n) is 4.31. The summed E-state index contributed by atoms with van der Waals surface area (Å²) in [7, 11) is 0. The molecule has 0 bridgehead atoms. The van der Waals surface area contributed by atoms with Crippen LogP contribution in [0, 0.1) is 5.92 Å². The van der Waals surface area contributed by atoms with E-state index in [0.717, 1.165) is 30.5 Å². The van der Waals surface area contributed by atoms with Crippen LogP contribution in [0.25, 0.3) is 17.0 Å².